The van der Waals surface area contributed by atoms with Crippen LogP contribution in [-0.2, 0) is 24.3 Å². The summed E-state index contributed by atoms with van der Waals surface area (Å²) in [4.78, 5) is 11.8. The van der Waals surface area contributed by atoms with Crippen LogP contribution in [0.2, 0.25) is 0 Å². The van der Waals surface area contributed by atoms with Gasteiger partial charge in [-0.2, -0.15) is 5.10 Å². The largest absolute Gasteiger partial charge is 0.377 e. The first-order valence-corrected chi connectivity index (χ1v) is 11.9. The first kappa shape index (κ1) is 24.7. The Morgan fingerprint density at radius 1 is 1.16 bits per heavy atom. The monoisotopic (exact) mass is 545 g/mol. The fourth-order valence-electron chi connectivity index (χ4n) is 5.34. The number of fused-ring (bicyclic) bond motifs is 1. The molecule has 31 heavy (non-hydrogen) atoms. The summed E-state index contributed by atoms with van der Waals surface area (Å²) in [5.74, 6) is 3.66. The molecular formula is C22H40IN7O. The van der Waals surface area contributed by atoms with Crippen LogP contribution >= 0.6 is 24.0 Å². The smallest absolute Gasteiger partial charge is 0.191 e. The number of nitrogens with zero attached hydrogens (tertiary/aromatic N) is 5. The van der Waals surface area contributed by atoms with E-state index in [1.165, 1.54) is 58.0 Å². The van der Waals surface area contributed by atoms with E-state index in [4.69, 9.17) is 4.74 Å². The number of aromatic nitrogens is 3. The molecular weight excluding hydrogens is 505 g/mol. The van der Waals surface area contributed by atoms with Crippen molar-refractivity contribution in [2.45, 2.75) is 83.0 Å². The Bertz CT molecular complexity index is 704. The average Bonchev–Trinajstić information content (AvgIpc) is 3.38. The maximum absolute atomic E-state index is 5.16. The van der Waals surface area contributed by atoms with Gasteiger partial charge in [-0.05, 0) is 44.6 Å². The van der Waals surface area contributed by atoms with Crippen molar-refractivity contribution in [1.82, 2.24) is 30.3 Å². The van der Waals surface area contributed by atoms with E-state index in [1.807, 2.05) is 11.7 Å². The molecule has 2 aliphatic heterocycles. The van der Waals surface area contributed by atoms with E-state index in [-0.39, 0.29) is 24.0 Å². The quantitative estimate of drug-likeness (QED) is 0.312. The molecule has 2 unspecified atom stereocenters. The zero-order chi connectivity index (χ0) is 20.8. The van der Waals surface area contributed by atoms with E-state index in [2.05, 4.69) is 30.6 Å². The van der Waals surface area contributed by atoms with Gasteiger partial charge in [0.05, 0.1) is 6.54 Å². The zero-order valence-corrected chi connectivity index (χ0v) is 21.5. The van der Waals surface area contributed by atoms with Gasteiger partial charge >= 0.3 is 0 Å². The molecule has 0 spiro atoms. The maximum atomic E-state index is 5.16. The lowest BCUT2D eigenvalue weighted by atomic mass is 9.89. The topological polar surface area (TPSA) is 79.6 Å². The summed E-state index contributed by atoms with van der Waals surface area (Å²) in [5, 5.41) is 11.8. The molecule has 1 saturated carbocycles. The lowest BCUT2D eigenvalue weighted by Crippen LogP contribution is -2.50. The number of aliphatic imine (C=N–C) groups is 1. The van der Waals surface area contributed by atoms with Gasteiger partial charge in [-0.3, -0.25) is 9.89 Å². The van der Waals surface area contributed by atoms with Crippen LogP contribution < -0.4 is 10.6 Å². The highest BCUT2D eigenvalue weighted by Gasteiger charge is 2.28. The van der Waals surface area contributed by atoms with Crippen molar-refractivity contribution in [3.05, 3.63) is 11.6 Å². The first-order chi connectivity index (χ1) is 14.7. The molecule has 9 heteroatoms. The number of halogens is 1. The SMILES string of the molecule is CN=C(NCC1CCCN1CC1CCCCC1)NC1CCc2nc(COC)nn2C1.I. The van der Waals surface area contributed by atoms with E-state index in [9.17, 15) is 0 Å². The van der Waals surface area contributed by atoms with Crippen molar-refractivity contribution in [3.8, 4) is 0 Å². The molecule has 0 aromatic carbocycles. The molecule has 176 valence electrons. The van der Waals surface area contributed by atoms with Gasteiger partial charge in [-0.1, -0.05) is 19.3 Å². The van der Waals surface area contributed by atoms with Gasteiger partial charge in [0.1, 0.15) is 12.4 Å². The number of rotatable bonds is 7. The Morgan fingerprint density at radius 2 is 2.00 bits per heavy atom. The van der Waals surface area contributed by atoms with Crippen LogP contribution in [0.1, 0.15) is 63.0 Å². The van der Waals surface area contributed by atoms with Crippen LogP contribution in [0.4, 0.5) is 0 Å². The maximum Gasteiger partial charge on any atom is 0.191 e. The Kier molecular flexibility index (Phi) is 9.83. The number of ether oxygens (including phenoxy) is 1. The lowest BCUT2D eigenvalue weighted by molar-refractivity contribution is 0.177. The van der Waals surface area contributed by atoms with Crippen LogP contribution in [0, 0.1) is 5.92 Å². The molecule has 2 fully saturated rings. The minimum atomic E-state index is 0. The van der Waals surface area contributed by atoms with Gasteiger partial charge in [-0.15, -0.1) is 24.0 Å². The van der Waals surface area contributed by atoms with Crippen LogP contribution in [0.15, 0.2) is 4.99 Å². The van der Waals surface area contributed by atoms with Crippen molar-refractivity contribution in [3.63, 3.8) is 0 Å². The molecule has 0 bridgehead atoms. The van der Waals surface area contributed by atoms with Crippen molar-refractivity contribution < 1.29 is 4.74 Å². The second-order valence-electron chi connectivity index (χ2n) is 9.19. The van der Waals surface area contributed by atoms with E-state index < -0.39 is 0 Å². The van der Waals surface area contributed by atoms with Crippen LogP contribution in [-0.4, -0.2) is 71.5 Å². The Labute approximate surface area is 204 Å². The minimum Gasteiger partial charge on any atom is -0.377 e. The summed E-state index contributed by atoms with van der Waals surface area (Å²) < 4.78 is 7.18. The molecule has 2 atom stereocenters. The molecule has 1 aromatic rings. The number of hydrogen-bond donors (Lipinski definition) is 2. The molecule has 8 nitrogen and oxygen atoms in total. The van der Waals surface area contributed by atoms with E-state index in [0.29, 0.717) is 18.7 Å². The van der Waals surface area contributed by atoms with Crippen molar-refractivity contribution >= 4 is 29.9 Å². The number of methoxy groups -OCH3 is 1. The van der Waals surface area contributed by atoms with Gasteiger partial charge in [0.25, 0.3) is 0 Å². The van der Waals surface area contributed by atoms with Crippen molar-refractivity contribution in [2.75, 3.05) is 33.8 Å². The Morgan fingerprint density at radius 3 is 2.77 bits per heavy atom. The van der Waals surface area contributed by atoms with Gasteiger partial charge in [0, 0.05) is 45.8 Å². The van der Waals surface area contributed by atoms with Crippen LogP contribution in [0.25, 0.3) is 0 Å². The third kappa shape index (κ3) is 6.77. The fraction of sp³-hybridized carbons (Fsp3) is 0.864. The van der Waals surface area contributed by atoms with Crippen molar-refractivity contribution in [1.29, 1.82) is 0 Å². The van der Waals surface area contributed by atoms with Gasteiger partial charge in [-0.25, -0.2) is 9.67 Å². The van der Waals surface area contributed by atoms with E-state index >= 15 is 0 Å². The minimum absolute atomic E-state index is 0. The standard InChI is InChI=1S/C22H39N7O.HI/c1-23-22(25-18-10-11-21-26-20(16-30-2)27-29(21)15-18)24-13-19-9-6-12-28(19)14-17-7-4-3-5-8-17;/h17-19H,3-16H2,1-2H3,(H2,23,24,25);1H. The zero-order valence-electron chi connectivity index (χ0n) is 19.2. The molecule has 1 saturated heterocycles. The number of guanidine groups is 1. The highest BCUT2D eigenvalue weighted by atomic mass is 127. The number of aryl methyl sites for hydroxylation is 1. The predicted molar refractivity (Wildman–Crippen MR) is 134 cm³/mol. The second-order valence-corrected chi connectivity index (χ2v) is 9.19. The number of likely N-dealkylation sites (tertiary alicyclic amines) is 1. The van der Waals surface area contributed by atoms with Crippen LogP contribution in [0.3, 0.4) is 0 Å². The normalized spacial score (nSPS) is 25.2. The summed E-state index contributed by atoms with van der Waals surface area (Å²) >= 11 is 0. The lowest BCUT2D eigenvalue weighted by Gasteiger charge is -2.31. The third-order valence-electron chi connectivity index (χ3n) is 6.96. The summed E-state index contributed by atoms with van der Waals surface area (Å²) in [5.41, 5.74) is 0. The Balaban J connectivity index is 0.00000272. The van der Waals surface area contributed by atoms with E-state index in [1.54, 1.807) is 7.11 Å². The summed E-state index contributed by atoms with van der Waals surface area (Å²) in [6, 6.07) is 0.957. The molecule has 0 amide bonds. The Hall–Kier alpha value is -0.940. The van der Waals surface area contributed by atoms with Crippen molar-refractivity contribution in [2.24, 2.45) is 10.9 Å². The molecule has 2 N–H and O–H groups in total. The predicted octanol–water partition coefficient (Wildman–Crippen LogP) is 2.57. The summed E-state index contributed by atoms with van der Waals surface area (Å²) in [7, 11) is 3.55. The molecule has 3 aliphatic rings. The third-order valence-corrected chi connectivity index (χ3v) is 6.96. The number of hydrogen-bond acceptors (Lipinski definition) is 5. The molecule has 1 aliphatic carbocycles. The molecule has 4 rings (SSSR count). The van der Waals surface area contributed by atoms with Gasteiger partial charge in [0.2, 0.25) is 0 Å². The average molecular weight is 546 g/mol. The summed E-state index contributed by atoms with van der Waals surface area (Å²) in [6.45, 7) is 4.83. The molecule has 3 heterocycles. The van der Waals surface area contributed by atoms with Gasteiger partial charge in [0.15, 0.2) is 11.8 Å². The van der Waals surface area contributed by atoms with Gasteiger partial charge < -0.3 is 15.4 Å². The molecule has 0 radical (unpaired) electrons. The number of nitrogens with one attached hydrogen (secondary N) is 2. The highest BCUT2D eigenvalue weighted by Crippen LogP contribution is 2.27. The second kappa shape index (κ2) is 12.3. The van der Waals surface area contributed by atoms with Crippen LogP contribution in [0.5, 0.6) is 0 Å². The highest BCUT2D eigenvalue weighted by molar-refractivity contribution is 14.0. The molecule has 1 aromatic heterocycles. The first-order valence-electron chi connectivity index (χ1n) is 11.9. The fourth-order valence-corrected chi connectivity index (χ4v) is 5.34. The summed E-state index contributed by atoms with van der Waals surface area (Å²) in [6.07, 6.45) is 11.8. The van der Waals surface area contributed by atoms with E-state index in [0.717, 1.165) is 49.5 Å².